The Morgan fingerprint density at radius 3 is 2.67 bits per heavy atom. The van der Waals surface area contributed by atoms with Crippen molar-refractivity contribution in [3.63, 3.8) is 0 Å². The average molecular weight is 329 g/mol. The molecule has 2 aromatic heterocycles. The first-order valence-corrected chi connectivity index (χ1v) is 8.62. The molecule has 1 saturated carbocycles. The van der Waals surface area contributed by atoms with Gasteiger partial charge in [-0.1, -0.05) is 6.42 Å². The number of hydrogen-bond donors (Lipinski definition) is 1. The molecule has 128 valence electrons. The second kappa shape index (κ2) is 6.01. The van der Waals surface area contributed by atoms with E-state index in [4.69, 9.17) is 5.73 Å². The van der Waals surface area contributed by atoms with Gasteiger partial charge >= 0.3 is 0 Å². The summed E-state index contributed by atoms with van der Waals surface area (Å²) in [6.07, 6.45) is 2.98. The van der Waals surface area contributed by atoms with Crippen LogP contribution < -0.4 is 10.6 Å². The molecule has 8 nitrogen and oxygen atoms in total. The van der Waals surface area contributed by atoms with Crippen LogP contribution in [0.3, 0.4) is 0 Å². The number of rotatable bonds is 2. The molecule has 0 radical (unpaired) electrons. The van der Waals surface area contributed by atoms with Crippen LogP contribution in [0, 0.1) is 12.8 Å². The van der Waals surface area contributed by atoms with Gasteiger partial charge in [-0.05, 0) is 31.9 Å². The van der Waals surface area contributed by atoms with E-state index in [2.05, 4.69) is 20.2 Å². The molecule has 1 saturated heterocycles. The maximum Gasteiger partial charge on any atom is 0.227 e. The first kappa shape index (κ1) is 15.3. The van der Waals surface area contributed by atoms with Crippen LogP contribution in [0.25, 0.3) is 5.65 Å². The first-order chi connectivity index (χ1) is 11.6. The highest BCUT2D eigenvalue weighted by atomic mass is 16.2. The molecule has 0 bridgehead atoms. The summed E-state index contributed by atoms with van der Waals surface area (Å²) >= 11 is 0. The Morgan fingerprint density at radius 1 is 1.17 bits per heavy atom. The van der Waals surface area contributed by atoms with Gasteiger partial charge in [0.25, 0.3) is 0 Å². The number of nitrogens with two attached hydrogens (primary N) is 1. The van der Waals surface area contributed by atoms with Crippen molar-refractivity contribution < 1.29 is 4.79 Å². The Balaban J connectivity index is 1.43. The standard InChI is InChI=1S/C16H23N7O/c1-11-18-19-14-5-6-15(20-23(11)14)21-7-9-22(10-8-21)16(24)12-3-2-4-13(12)17/h5-6,12-13H,2-4,7-10,17H2,1H3/t12-,13-/m1/s1. The van der Waals surface area contributed by atoms with E-state index in [-0.39, 0.29) is 17.9 Å². The fourth-order valence-electron chi connectivity index (χ4n) is 3.74. The normalized spacial score (nSPS) is 24.8. The lowest BCUT2D eigenvalue weighted by molar-refractivity contribution is -0.136. The summed E-state index contributed by atoms with van der Waals surface area (Å²) in [6.45, 7) is 4.91. The quantitative estimate of drug-likeness (QED) is 0.847. The number of piperazine rings is 1. The Kier molecular flexibility index (Phi) is 3.84. The second-order valence-corrected chi connectivity index (χ2v) is 6.72. The van der Waals surface area contributed by atoms with Gasteiger partial charge in [-0.3, -0.25) is 4.79 Å². The molecular weight excluding hydrogens is 306 g/mol. The van der Waals surface area contributed by atoms with E-state index in [1.54, 1.807) is 4.52 Å². The Hall–Kier alpha value is -2.22. The number of carbonyl (C=O) groups is 1. The Labute approximate surface area is 140 Å². The monoisotopic (exact) mass is 329 g/mol. The summed E-state index contributed by atoms with van der Waals surface area (Å²) < 4.78 is 1.75. The molecule has 4 rings (SSSR count). The zero-order valence-electron chi connectivity index (χ0n) is 13.9. The van der Waals surface area contributed by atoms with Gasteiger partial charge in [0.15, 0.2) is 11.5 Å². The molecule has 2 N–H and O–H groups in total. The predicted octanol–water partition coefficient (Wildman–Crippen LogP) is 0.209. The van der Waals surface area contributed by atoms with Gasteiger partial charge in [-0.2, -0.15) is 4.52 Å². The van der Waals surface area contributed by atoms with Gasteiger partial charge in [-0.25, -0.2) is 0 Å². The van der Waals surface area contributed by atoms with Crippen LogP contribution >= 0.6 is 0 Å². The number of fused-ring (bicyclic) bond motifs is 1. The molecule has 2 fully saturated rings. The molecule has 2 atom stereocenters. The number of aromatic nitrogens is 4. The predicted molar refractivity (Wildman–Crippen MR) is 89.6 cm³/mol. The van der Waals surface area contributed by atoms with E-state index < -0.39 is 0 Å². The number of aryl methyl sites for hydroxylation is 1. The number of nitrogens with zero attached hydrogens (tertiary/aromatic N) is 6. The SMILES string of the molecule is Cc1nnc2ccc(N3CCN(C(=O)[C@@H]4CCC[C@H]4N)CC3)nn12. The van der Waals surface area contributed by atoms with Crippen LogP contribution in [0.15, 0.2) is 12.1 Å². The van der Waals surface area contributed by atoms with Crippen molar-refractivity contribution in [3.05, 3.63) is 18.0 Å². The zero-order chi connectivity index (χ0) is 16.7. The third-order valence-corrected chi connectivity index (χ3v) is 5.21. The van der Waals surface area contributed by atoms with E-state index in [1.807, 2.05) is 24.0 Å². The number of hydrogen-bond acceptors (Lipinski definition) is 6. The molecule has 2 aromatic rings. The summed E-state index contributed by atoms with van der Waals surface area (Å²) in [5.74, 6) is 1.93. The highest BCUT2D eigenvalue weighted by Crippen LogP contribution is 2.26. The lowest BCUT2D eigenvalue weighted by Gasteiger charge is -2.37. The summed E-state index contributed by atoms with van der Waals surface area (Å²) in [5.41, 5.74) is 6.83. The summed E-state index contributed by atoms with van der Waals surface area (Å²) in [6, 6.07) is 3.93. The minimum Gasteiger partial charge on any atom is -0.352 e. The molecule has 0 aromatic carbocycles. The van der Waals surface area contributed by atoms with Gasteiger partial charge in [0.05, 0.1) is 5.92 Å². The fourth-order valence-corrected chi connectivity index (χ4v) is 3.74. The topological polar surface area (TPSA) is 92.7 Å². The van der Waals surface area contributed by atoms with Crippen molar-refractivity contribution in [2.45, 2.75) is 32.2 Å². The highest BCUT2D eigenvalue weighted by molar-refractivity contribution is 5.80. The Bertz CT molecular complexity index is 750. The number of amides is 1. The van der Waals surface area contributed by atoms with Crippen LogP contribution in [0.5, 0.6) is 0 Å². The molecule has 0 unspecified atom stereocenters. The maximum atomic E-state index is 12.6. The fraction of sp³-hybridized carbons (Fsp3) is 0.625. The lowest BCUT2D eigenvalue weighted by Crippen LogP contribution is -2.52. The highest BCUT2D eigenvalue weighted by Gasteiger charge is 2.34. The molecule has 1 amide bonds. The van der Waals surface area contributed by atoms with Crippen LogP contribution in [0.2, 0.25) is 0 Å². The largest absolute Gasteiger partial charge is 0.352 e. The maximum absolute atomic E-state index is 12.6. The third kappa shape index (κ3) is 2.60. The summed E-state index contributed by atoms with van der Waals surface area (Å²) in [7, 11) is 0. The second-order valence-electron chi connectivity index (χ2n) is 6.72. The van der Waals surface area contributed by atoms with Crippen molar-refractivity contribution in [2.24, 2.45) is 11.7 Å². The number of carbonyl (C=O) groups excluding carboxylic acids is 1. The molecule has 1 aliphatic carbocycles. The molecule has 0 spiro atoms. The van der Waals surface area contributed by atoms with E-state index in [0.29, 0.717) is 0 Å². The van der Waals surface area contributed by atoms with Crippen molar-refractivity contribution in [1.82, 2.24) is 24.7 Å². The van der Waals surface area contributed by atoms with Gasteiger partial charge < -0.3 is 15.5 Å². The van der Waals surface area contributed by atoms with E-state index in [9.17, 15) is 4.79 Å². The lowest BCUT2D eigenvalue weighted by atomic mass is 10.0. The van der Waals surface area contributed by atoms with Gasteiger partial charge in [0.2, 0.25) is 5.91 Å². The molecule has 8 heteroatoms. The van der Waals surface area contributed by atoms with Crippen molar-refractivity contribution >= 4 is 17.4 Å². The van der Waals surface area contributed by atoms with Crippen molar-refractivity contribution in [3.8, 4) is 0 Å². The summed E-state index contributed by atoms with van der Waals surface area (Å²) in [5, 5.41) is 12.7. The van der Waals surface area contributed by atoms with Gasteiger partial charge in [0, 0.05) is 32.2 Å². The molecule has 3 heterocycles. The van der Waals surface area contributed by atoms with E-state index >= 15 is 0 Å². The van der Waals surface area contributed by atoms with Gasteiger partial charge in [-0.15, -0.1) is 15.3 Å². The van der Waals surface area contributed by atoms with Crippen LogP contribution in [-0.4, -0.2) is 62.8 Å². The molecule has 1 aliphatic heterocycles. The van der Waals surface area contributed by atoms with E-state index in [0.717, 1.165) is 62.7 Å². The minimum absolute atomic E-state index is 0.0192. The van der Waals surface area contributed by atoms with Gasteiger partial charge in [0.1, 0.15) is 5.82 Å². The minimum atomic E-state index is 0.0192. The zero-order valence-corrected chi connectivity index (χ0v) is 13.9. The third-order valence-electron chi connectivity index (χ3n) is 5.21. The van der Waals surface area contributed by atoms with E-state index in [1.165, 1.54) is 0 Å². The van der Waals surface area contributed by atoms with Crippen LogP contribution in [0.4, 0.5) is 5.82 Å². The first-order valence-electron chi connectivity index (χ1n) is 8.62. The average Bonchev–Trinajstić information content (AvgIpc) is 3.20. The van der Waals surface area contributed by atoms with Crippen LogP contribution in [-0.2, 0) is 4.79 Å². The summed E-state index contributed by atoms with van der Waals surface area (Å²) in [4.78, 5) is 16.8. The van der Waals surface area contributed by atoms with Crippen LogP contribution in [0.1, 0.15) is 25.1 Å². The molecule has 2 aliphatic rings. The number of anilines is 1. The molecular formula is C16H23N7O. The van der Waals surface area contributed by atoms with Crippen molar-refractivity contribution in [2.75, 3.05) is 31.1 Å². The Morgan fingerprint density at radius 2 is 1.96 bits per heavy atom. The molecule has 24 heavy (non-hydrogen) atoms. The van der Waals surface area contributed by atoms with Crippen molar-refractivity contribution in [1.29, 1.82) is 0 Å². The smallest absolute Gasteiger partial charge is 0.227 e.